The lowest BCUT2D eigenvalue weighted by Crippen LogP contribution is -2.33. The van der Waals surface area contributed by atoms with Crippen molar-refractivity contribution in [1.29, 1.82) is 0 Å². The van der Waals surface area contributed by atoms with Gasteiger partial charge in [0.25, 0.3) is 11.8 Å². The smallest absolute Gasteiger partial charge is 0.265 e. The molecule has 1 aromatic carbocycles. The molecule has 0 bridgehead atoms. The number of likely N-dealkylation sites (tertiary alicyclic amines) is 1. The lowest BCUT2D eigenvalue weighted by Gasteiger charge is -2.28. The number of carbonyl (C=O) groups is 2. The van der Waals surface area contributed by atoms with Crippen LogP contribution in [0.15, 0.2) is 64.0 Å². The second-order valence-electron chi connectivity index (χ2n) is 6.07. The molecule has 1 saturated heterocycles. The van der Waals surface area contributed by atoms with Crippen LogP contribution >= 0.6 is 0 Å². The predicted octanol–water partition coefficient (Wildman–Crippen LogP) is 1.36. The summed E-state index contributed by atoms with van der Waals surface area (Å²) in [5.74, 6) is -2.28. The summed E-state index contributed by atoms with van der Waals surface area (Å²) in [7, 11) is 0. The van der Waals surface area contributed by atoms with Crippen molar-refractivity contribution in [3.05, 3.63) is 70.4 Å². The highest BCUT2D eigenvalue weighted by molar-refractivity contribution is 6.25. The van der Waals surface area contributed by atoms with E-state index in [0.29, 0.717) is 5.56 Å². The molecule has 1 aliphatic carbocycles. The summed E-state index contributed by atoms with van der Waals surface area (Å²) in [6.07, 6.45) is 4.95. The summed E-state index contributed by atoms with van der Waals surface area (Å²) in [5.41, 5.74) is 6.90. The van der Waals surface area contributed by atoms with Crippen LogP contribution in [-0.2, 0) is 16.1 Å². The minimum absolute atomic E-state index is 0.0278. The first-order valence-corrected chi connectivity index (χ1v) is 7.72. The number of allylic oxidation sites excluding steroid dienone is 1. The fraction of sp³-hybridized carbons (Fsp3) is 0.167. The lowest BCUT2D eigenvalue weighted by atomic mass is 9.82. The molecule has 6 nitrogen and oxygen atoms in total. The Morgan fingerprint density at radius 1 is 1.16 bits per heavy atom. The molecule has 126 valence electrons. The molecular formula is C18H14FN3O3. The number of benzene rings is 1. The number of fused-ring (bicyclic) bond motifs is 2. The van der Waals surface area contributed by atoms with Gasteiger partial charge in [-0.05, 0) is 23.8 Å². The van der Waals surface area contributed by atoms with Crippen LogP contribution in [0, 0.1) is 11.7 Å². The molecule has 0 spiro atoms. The Kier molecular flexibility index (Phi) is 3.31. The molecule has 3 N–H and O–H groups in total. The van der Waals surface area contributed by atoms with Gasteiger partial charge in [0.05, 0.1) is 17.7 Å². The molecule has 3 aliphatic rings. The van der Waals surface area contributed by atoms with E-state index in [2.05, 4.69) is 4.99 Å². The molecule has 2 unspecified atom stereocenters. The van der Waals surface area contributed by atoms with Crippen LogP contribution in [0.1, 0.15) is 5.56 Å². The maximum atomic E-state index is 13.0. The number of aliphatic hydroxyl groups excluding tert-OH is 1. The van der Waals surface area contributed by atoms with E-state index in [1.807, 2.05) is 0 Å². The summed E-state index contributed by atoms with van der Waals surface area (Å²) < 4.78 is 13.0. The van der Waals surface area contributed by atoms with Crippen molar-refractivity contribution in [2.75, 3.05) is 0 Å². The summed E-state index contributed by atoms with van der Waals surface area (Å²) in [6, 6.07) is 4.82. The van der Waals surface area contributed by atoms with E-state index in [9.17, 15) is 19.1 Å². The van der Waals surface area contributed by atoms with Gasteiger partial charge >= 0.3 is 0 Å². The first-order chi connectivity index (χ1) is 12.0. The number of hydrogen-bond donors (Lipinski definition) is 2. The molecule has 0 radical (unpaired) electrons. The number of aliphatic imine (C=N–C) groups is 1. The van der Waals surface area contributed by atoms with E-state index in [4.69, 9.17) is 5.73 Å². The van der Waals surface area contributed by atoms with Gasteiger partial charge in [0.1, 0.15) is 17.6 Å². The highest BCUT2D eigenvalue weighted by Gasteiger charge is 2.49. The van der Waals surface area contributed by atoms with E-state index in [0.717, 1.165) is 4.90 Å². The van der Waals surface area contributed by atoms with Crippen molar-refractivity contribution in [1.82, 2.24) is 4.90 Å². The number of halogens is 1. The first-order valence-electron chi connectivity index (χ1n) is 7.72. The minimum Gasteiger partial charge on any atom is -0.509 e. The average molecular weight is 339 g/mol. The van der Waals surface area contributed by atoms with Gasteiger partial charge in [-0.2, -0.15) is 0 Å². The molecule has 2 heterocycles. The number of rotatable bonds is 2. The van der Waals surface area contributed by atoms with E-state index < -0.39 is 29.6 Å². The van der Waals surface area contributed by atoms with Crippen LogP contribution in [0.3, 0.4) is 0 Å². The van der Waals surface area contributed by atoms with Crippen LogP contribution in [0.4, 0.5) is 4.39 Å². The van der Waals surface area contributed by atoms with E-state index in [-0.39, 0.29) is 29.1 Å². The van der Waals surface area contributed by atoms with Crippen molar-refractivity contribution >= 4 is 18.0 Å². The number of carbonyl (C=O) groups excluding carboxylic acids is 2. The number of dihydropyridines is 1. The number of aliphatic hydroxyl groups is 1. The number of nitrogens with two attached hydrogens (primary N) is 1. The normalized spacial score (nSPS) is 24.9. The standard InChI is InChI=1S/C18H14FN3O3/c19-10-5-3-9(4-6-10)8-22-17(24)12-13(18(22)25)16(23)15-11(14(12)20)2-1-7-21-15/h1-7,11,15,23H,8,20H2. The van der Waals surface area contributed by atoms with Crippen molar-refractivity contribution in [2.24, 2.45) is 16.6 Å². The van der Waals surface area contributed by atoms with Crippen molar-refractivity contribution in [3.8, 4) is 0 Å². The van der Waals surface area contributed by atoms with E-state index in [1.54, 1.807) is 12.2 Å². The molecule has 4 rings (SSSR count). The Bertz CT molecular complexity index is 860. The fourth-order valence-electron chi connectivity index (χ4n) is 3.34. The molecule has 7 heteroatoms. The lowest BCUT2D eigenvalue weighted by molar-refractivity contribution is -0.137. The summed E-state index contributed by atoms with van der Waals surface area (Å²) in [4.78, 5) is 30.6. The van der Waals surface area contributed by atoms with Gasteiger partial charge in [-0.3, -0.25) is 19.5 Å². The van der Waals surface area contributed by atoms with Gasteiger partial charge in [0.2, 0.25) is 0 Å². The predicted molar refractivity (Wildman–Crippen MR) is 87.7 cm³/mol. The average Bonchev–Trinajstić information content (AvgIpc) is 2.86. The van der Waals surface area contributed by atoms with Gasteiger partial charge in [-0.1, -0.05) is 18.2 Å². The summed E-state index contributed by atoms with van der Waals surface area (Å²) in [6.45, 7) is -0.0278. The third kappa shape index (κ3) is 2.20. The number of amides is 2. The molecular weight excluding hydrogens is 325 g/mol. The Labute approximate surface area is 142 Å². The highest BCUT2D eigenvalue weighted by atomic mass is 19.1. The van der Waals surface area contributed by atoms with E-state index in [1.165, 1.54) is 30.5 Å². The Morgan fingerprint density at radius 3 is 2.56 bits per heavy atom. The van der Waals surface area contributed by atoms with Crippen molar-refractivity contribution < 1.29 is 19.1 Å². The molecule has 0 saturated carbocycles. The van der Waals surface area contributed by atoms with Crippen molar-refractivity contribution in [2.45, 2.75) is 12.6 Å². The van der Waals surface area contributed by atoms with E-state index >= 15 is 0 Å². The zero-order valence-corrected chi connectivity index (χ0v) is 13.0. The van der Waals surface area contributed by atoms with Crippen LogP contribution in [-0.4, -0.2) is 34.1 Å². The highest BCUT2D eigenvalue weighted by Crippen LogP contribution is 2.40. The maximum absolute atomic E-state index is 13.0. The maximum Gasteiger partial charge on any atom is 0.265 e. The van der Waals surface area contributed by atoms with Gasteiger partial charge in [0.15, 0.2) is 0 Å². The zero-order valence-electron chi connectivity index (χ0n) is 13.0. The van der Waals surface area contributed by atoms with Crippen LogP contribution in [0.25, 0.3) is 0 Å². The number of imide groups is 1. The van der Waals surface area contributed by atoms with Crippen LogP contribution in [0.2, 0.25) is 0 Å². The minimum atomic E-state index is -0.689. The second-order valence-corrected chi connectivity index (χ2v) is 6.07. The van der Waals surface area contributed by atoms with Gasteiger partial charge in [0, 0.05) is 17.8 Å². The third-order valence-corrected chi connectivity index (χ3v) is 4.60. The largest absolute Gasteiger partial charge is 0.509 e. The second kappa shape index (κ2) is 5.41. The van der Waals surface area contributed by atoms with Crippen molar-refractivity contribution in [3.63, 3.8) is 0 Å². The third-order valence-electron chi connectivity index (χ3n) is 4.60. The molecule has 25 heavy (non-hydrogen) atoms. The van der Waals surface area contributed by atoms with Crippen LogP contribution < -0.4 is 5.73 Å². The van der Waals surface area contributed by atoms with Gasteiger partial charge < -0.3 is 10.8 Å². The Morgan fingerprint density at radius 2 is 1.84 bits per heavy atom. The molecule has 2 aliphatic heterocycles. The van der Waals surface area contributed by atoms with Gasteiger partial charge in [-0.25, -0.2) is 4.39 Å². The Hall–Kier alpha value is -3.22. The quantitative estimate of drug-likeness (QED) is 0.795. The Balaban J connectivity index is 1.76. The SMILES string of the molecule is NC1=C2C(=O)N(Cc3ccc(F)cc3)C(=O)C2=C(O)C2N=CC=CC12. The number of hydrogen-bond acceptors (Lipinski definition) is 5. The topological polar surface area (TPSA) is 96.0 Å². The summed E-state index contributed by atoms with van der Waals surface area (Å²) >= 11 is 0. The number of nitrogens with zero attached hydrogens (tertiary/aromatic N) is 2. The molecule has 2 atom stereocenters. The molecule has 0 aromatic heterocycles. The first kappa shape index (κ1) is 15.3. The molecule has 1 aromatic rings. The molecule has 2 amide bonds. The van der Waals surface area contributed by atoms with Crippen LogP contribution in [0.5, 0.6) is 0 Å². The summed E-state index contributed by atoms with van der Waals surface area (Å²) in [5, 5.41) is 10.5. The monoisotopic (exact) mass is 339 g/mol. The van der Waals surface area contributed by atoms with Gasteiger partial charge in [-0.15, -0.1) is 0 Å². The molecule has 1 fully saturated rings. The zero-order chi connectivity index (χ0) is 17.7. The fourth-order valence-corrected chi connectivity index (χ4v) is 3.34.